The van der Waals surface area contributed by atoms with Gasteiger partial charge in [0.25, 0.3) is 0 Å². The molecule has 17 heavy (non-hydrogen) atoms. The van der Waals surface area contributed by atoms with Gasteiger partial charge < -0.3 is 11.1 Å². The zero-order valence-corrected chi connectivity index (χ0v) is 9.64. The van der Waals surface area contributed by atoms with E-state index in [2.05, 4.69) is 0 Å². The van der Waals surface area contributed by atoms with Crippen molar-refractivity contribution in [3.05, 3.63) is 23.8 Å². The molecule has 0 spiro atoms. The Kier molecular flexibility index (Phi) is 3.66. The largest absolute Gasteiger partial charge is 0.397 e. The second kappa shape index (κ2) is 4.66. The normalized spacial score (nSPS) is 11.2. The molecule has 1 aromatic rings. The summed E-state index contributed by atoms with van der Waals surface area (Å²) in [4.78, 5) is 11.2. The molecule has 0 radical (unpaired) electrons. The predicted molar refractivity (Wildman–Crippen MR) is 59.1 cm³/mol. The standard InChI is InChI=1S/C9H10F2N2O3S/c1-17(15,16)4-8(14)13-9-6(11)2-5(10)3-7(9)12/h2-3H,4,12H2,1H3,(H,13,14). The molecule has 0 saturated carbocycles. The molecule has 0 aliphatic carbocycles. The fourth-order valence-electron chi connectivity index (χ4n) is 1.14. The highest BCUT2D eigenvalue weighted by atomic mass is 32.2. The average molecular weight is 264 g/mol. The monoisotopic (exact) mass is 264 g/mol. The molecule has 3 N–H and O–H groups in total. The molecule has 0 fully saturated rings. The van der Waals surface area contributed by atoms with Gasteiger partial charge in [-0.25, -0.2) is 17.2 Å². The smallest absolute Gasteiger partial charge is 0.239 e. The number of hydrogen-bond acceptors (Lipinski definition) is 4. The zero-order chi connectivity index (χ0) is 13.2. The lowest BCUT2D eigenvalue weighted by Gasteiger charge is -2.08. The topological polar surface area (TPSA) is 89.3 Å². The number of anilines is 2. The molecule has 0 atom stereocenters. The van der Waals surface area contributed by atoms with Crippen molar-refractivity contribution in [2.24, 2.45) is 0 Å². The number of halogens is 2. The Morgan fingerprint density at radius 2 is 2.00 bits per heavy atom. The van der Waals surface area contributed by atoms with E-state index in [4.69, 9.17) is 5.73 Å². The van der Waals surface area contributed by atoms with E-state index >= 15 is 0 Å². The number of rotatable bonds is 3. The number of amides is 1. The maximum absolute atomic E-state index is 13.2. The van der Waals surface area contributed by atoms with Gasteiger partial charge in [-0.1, -0.05) is 0 Å². The molecule has 0 aliphatic heterocycles. The quantitative estimate of drug-likeness (QED) is 0.779. The minimum absolute atomic E-state index is 0.315. The first-order valence-corrected chi connectivity index (χ1v) is 6.47. The van der Waals surface area contributed by atoms with Crippen molar-refractivity contribution in [3.8, 4) is 0 Å². The first-order chi connectivity index (χ1) is 7.69. The lowest BCUT2D eigenvalue weighted by atomic mass is 10.2. The summed E-state index contributed by atoms with van der Waals surface area (Å²) in [5, 5.41) is 1.98. The SMILES string of the molecule is CS(=O)(=O)CC(=O)Nc1c(N)cc(F)cc1F. The molecule has 8 heteroatoms. The van der Waals surface area contributed by atoms with Crippen LogP contribution in [-0.4, -0.2) is 26.3 Å². The van der Waals surface area contributed by atoms with Crippen LogP contribution in [0.15, 0.2) is 12.1 Å². The zero-order valence-electron chi connectivity index (χ0n) is 8.83. The molecule has 0 heterocycles. The van der Waals surface area contributed by atoms with E-state index in [0.717, 1.165) is 12.3 Å². The molecule has 1 rings (SSSR count). The number of benzene rings is 1. The van der Waals surface area contributed by atoms with Crippen molar-refractivity contribution in [2.75, 3.05) is 23.1 Å². The Morgan fingerprint density at radius 3 is 2.47 bits per heavy atom. The summed E-state index contributed by atoms with van der Waals surface area (Å²) in [5.74, 6) is -3.70. The molecule has 0 bridgehead atoms. The first kappa shape index (κ1) is 13.4. The Labute approximate surface area is 96.5 Å². The lowest BCUT2D eigenvalue weighted by Crippen LogP contribution is -2.23. The van der Waals surface area contributed by atoms with Crippen LogP contribution in [-0.2, 0) is 14.6 Å². The summed E-state index contributed by atoms with van der Waals surface area (Å²) in [6.07, 6.45) is 0.858. The van der Waals surface area contributed by atoms with E-state index < -0.39 is 38.8 Å². The minimum atomic E-state index is -3.53. The number of nitrogen functional groups attached to an aromatic ring is 1. The molecule has 0 unspecified atom stereocenters. The predicted octanol–water partition coefficient (Wildman–Crippen LogP) is 0.530. The van der Waals surface area contributed by atoms with E-state index in [0.29, 0.717) is 6.07 Å². The van der Waals surface area contributed by atoms with Crippen molar-refractivity contribution >= 4 is 27.1 Å². The van der Waals surface area contributed by atoms with Gasteiger partial charge in [-0.3, -0.25) is 4.79 Å². The van der Waals surface area contributed by atoms with Crippen LogP contribution in [0.5, 0.6) is 0 Å². The van der Waals surface area contributed by atoms with Gasteiger partial charge >= 0.3 is 0 Å². The van der Waals surface area contributed by atoms with Crippen molar-refractivity contribution in [1.29, 1.82) is 0 Å². The number of carbonyl (C=O) groups excluding carboxylic acids is 1. The summed E-state index contributed by atoms with van der Waals surface area (Å²) >= 11 is 0. The number of carbonyl (C=O) groups is 1. The van der Waals surface area contributed by atoms with E-state index in [-0.39, 0.29) is 5.69 Å². The van der Waals surface area contributed by atoms with E-state index in [1.807, 2.05) is 5.32 Å². The minimum Gasteiger partial charge on any atom is -0.397 e. The van der Waals surface area contributed by atoms with Crippen LogP contribution in [0.25, 0.3) is 0 Å². The van der Waals surface area contributed by atoms with Gasteiger partial charge in [0, 0.05) is 12.3 Å². The number of sulfone groups is 1. The molecular weight excluding hydrogens is 254 g/mol. The summed E-state index contributed by atoms with van der Waals surface area (Å²) in [5.41, 5.74) is 4.54. The van der Waals surface area contributed by atoms with E-state index in [1.165, 1.54) is 0 Å². The van der Waals surface area contributed by atoms with E-state index in [1.54, 1.807) is 0 Å². The van der Waals surface area contributed by atoms with Gasteiger partial charge in [-0.2, -0.15) is 0 Å². The molecular formula is C9H10F2N2O3S. The molecule has 0 aliphatic rings. The molecule has 0 saturated heterocycles. The van der Waals surface area contributed by atoms with Crippen LogP contribution in [0.1, 0.15) is 0 Å². The summed E-state index contributed by atoms with van der Waals surface area (Å²) < 4.78 is 47.5. The second-order valence-electron chi connectivity index (χ2n) is 3.47. The second-order valence-corrected chi connectivity index (χ2v) is 5.61. The Morgan fingerprint density at radius 1 is 1.41 bits per heavy atom. The third kappa shape index (κ3) is 3.99. The van der Waals surface area contributed by atoms with Crippen LogP contribution in [0.4, 0.5) is 20.2 Å². The lowest BCUT2D eigenvalue weighted by molar-refractivity contribution is -0.113. The van der Waals surface area contributed by atoms with Gasteiger partial charge in [0.1, 0.15) is 17.3 Å². The molecule has 0 aromatic heterocycles. The highest BCUT2D eigenvalue weighted by Crippen LogP contribution is 2.23. The maximum Gasteiger partial charge on any atom is 0.239 e. The van der Waals surface area contributed by atoms with Crippen molar-refractivity contribution in [2.45, 2.75) is 0 Å². The van der Waals surface area contributed by atoms with Crippen LogP contribution < -0.4 is 11.1 Å². The van der Waals surface area contributed by atoms with Crippen molar-refractivity contribution in [1.82, 2.24) is 0 Å². The van der Waals surface area contributed by atoms with Crippen LogP contribution in [0, 0.1) is 11.6 Å². The molecule has 1 amide bonds. The third-order valence-corrected chi connectivity index (χ3v) is 2.53. The van der Waals surface area contributed by atoms with Crippen LogP contribution in [0.3, 0.4) is 0 Å². The number of hydrogen-bond donors (Lipinski definition) is 2. The maximum atomic E-state index is 13.2. The highest BCUT2D eigenvalue weighted by Gasteiger charge is 2.15. The molecule has 1 aromatic carbocycles. The third-order valence-electron chi connectivity index (χ3n) is 1.74. The Bertz CT molecular complexity index is 534. The summed E-state index contributed by atoms with van der Waals surface area (Å²) in [6.45, 7) is 0. The van der Waals surface area contributed by atoms with E-state index in [9.17, 15) is 22.0 Å². The fraction of sp³-hybridized carbons (Fsp3) is 0.222. The average Bonchev–Trinajstić information content (AvgIpc) is 2.08. The van der Waals surface area contributed by atoms with Gasteiger partial charge in [-0.15, -0.1) is 0 Å². The van der Waals surface area contributed by atoms with Crippen LogP contribution in [0.2, 0.25) is 0 Å². The van der Waals surface area contributed by atoms with Crippen molar-refractivity contribution < 1.29 is 22.0 Å². The van der Waals surface area contributed by atoms with Gasteiger partial charge in [0.05, 0.1) is 5.69 Å². The Balaban J connectivity index is 2.93. The summed E-state index contributed by atoms with van der Waals surface area (Å²) in [6, 6.07) is 1.35. The van der Waals surface area contributed by atoms with Crippen molar-refractivity contribution in [3.63, 3.8) is 0 Å². The van der Waals surface area contributed by atoms with Gasteiger partial charge in [0.15, 0.2) is 15.7 Å². The number of nitrogens with one attached hydrogen (secondary N) is 1. The number of nitrogens with two attached hydrogens (primary N) is 1. The van der Waals surface area contributed by atoms with Gasteiger partial charge in [-0.05, 0) is 6.07 Å². The summed E-state index contributed by atoms with van der Waals surface area (Å²) in [7, 11) is -3.53. The molecule has 94 valence electrons. The molecule has 5 nitrogen and oxygen atoms in total. The highest BCUT2D eigenvalue weighted by molar-refractivity contribution is 7.91. The fourth-order valence-corrected chi connectivity index (χ4v) is 1.69. The van der Waals surface area contributed by atoms with Gasteiger partial charge in [0.2, 0.25) is 5.91 Å². The first-order valence-electron chi connectivity index (χ1n) is 4.41. The van der Waals surface area contributed by atoms with Crippen LogP contribution >= 0.6 is 0 Å². The Hall–Kier alpha value is -1.70.